The smallest absolute Gasteiger partial charge is 0.329 e. The largest absolute Gasteiger partial charge is 0.350 e. The molecule has 3 nitrogen and oxygen atoms in total. The normalized spacial score (nSPS) is 9.50. The lowest BCUT2D eigenvalue weighted by Crippen LogP contribution is -2.27. The molecule has 0 spiro atoms. The number of carbonyl (C=O) groups is 1. The van der Waals surface area contributed by atoms with E-state index in [2.05, 4.69) is 12.8 Å². The third-order valence-electron chi connectivity index (χ3n) is 1.49. The molecular formula is C8H10N2OS. The maximum atomic E-state index is 10.7. The fourth-order valence-corrected chi connectivity index (χ4v) is 0.947. The highest BCUT2D eigenvalue weighted by Crippen LogP contribution is 2.15. The molecule has 0 aliphatic heterocycles. The Morgan fingerprint density at radius 1 is 1.42 bits per heavy atom. The van der Waals surface area contributed by atoms with Gasteiger partial charge in [0.15, 0.2) is 0 Å². The number of anilines is 1. The SMILES string of the molecule is Cc1ccc(N(S)C(N)=O)cc1. The number of thiol groups is 1. The van der Waals surface area contributed by atoms with Crippen molar-refractivity contribution in [1.29, 1.82) is 0 Å². The van der Waals surface area contributed by atoms with Gasteiger partial charge in [-0.25, -0.2) is 9.10 Å². The fraction of sp³-hybridized carbons (Fsp3) is 0.125. The summed E-state index contributed by atoms with van der Waals surface area (Å²) in [6.07, 6.45) is 0. The molecule has 0 radical (unpaired) electrons. The Morgan fingerprint density at radius 3 is 2.33 bits per heavy atom. The summed E-state index contributed by atoms with van der Waals surface area (Å²) in [6, 6.07) is 6.77. The van der Waals surface area contributed by atoms with Crippen molar-refractivity contribution < 1.29 is 4.79 Å². The highest BCUT2D eigenvalue weighted by molar-refractivity contribution is 7.82. The number of hydrogen-bond acceptors (Lipinski definition) is 2. The van der Waals surface area contributed by atoms with Crippen molar-refractivity contribution in [2.75, 3.05) is 4.31 Å². The van der Waals surface area contributed by atoms with Gasteiger partial charge in [0.05, 0.1) is 5.69 Å². The maximum absolute atomic E-state index is 10.7. The van der Waals surface area contributed by atoms with Gasteiger partial charge in [0, 0.05) is 0 Å². The van der Waals surface area contributed by atoms with Crippen molar-refractivity contribution in [3.05, 3.63) is 29.8 Å². The van der Waals surface area contributed by atoms with Gasteiger partial charge in [-0.3, -0.25) is 0 Å². The average molecular weight is 182 g/mol. The van der Waals surface area contributed by atoms with Gasteiger partial charge in [-0.1, -0.05) is 30.5 Å². The minimum absolute atomic E-state index is 0.581. The number of rotatable bonds is 1. The number of nitrogens with two attached hydrogens (primary N) is 1. The Kier molecular flexibility index (Phi) is 2.60. The standard InChI is InChI=1S/C8H10N2OS/c1-6-2-4-7(5-3-6)10(12)8(9)11/h2-5,12H,1H3,(H2,9,11). The lowest BCUT2D eigenvalue weighted by molar-refractivity contribution is 0.257. The van der Waals surface area contributed by atoms with E-state index in [0.717, 1.165) is 9.87 Å². The van der Waals surface area contributed by atoms with Crippen LogP contribution in [0.15, 0.2) is 24.3 Å². The first-order valence-electron chi connectivity index (χ1n) is 3.46. The molecule has 0 saturated heterocycles. The Morgan fingerprint density at radius 2 is 1.92 bits per heavy atom. The van der Waals surface area contributed by atoms with Crippen LogP contribution in [0.1, 0.15) is 5.56 Å². The molecule has 12 heavy (non-hydrogen) atoms. The summed E-state index contributed by atoms with van der Waals surface area (Å²) in [4.78, 5) is 10.7. The van der Waals surface area contributed by atoms with Crippen LogP contribution in [0.2, 0.25) is 0 Å². The Labute approximate surface area is 76.7 Å². The second kappa shape index (κ2) is 3.49. The molecule has 1 rings (SSSR count). The van der Waals surface area contributed by atoms with E-state index < -0.39 is 6.03 Å². The predicted molar refractivity (Wildman–Crippen MR) is 52.2 cm³/mol. The maximum Gasteiger partial charge on any atom is 0.329 e. The molecule has 0 heterocycles. The van der Waals surface area contributed by atoms with Gasteiger partial charge in [0.25, 0.3) is 0 Å². The van der Waals surface area contributed by atoms with Crippen LogP contribution in [0.4, 0.5) is 10.5 Å². The number of benzene rings is 1. The van der Waals surface area contributed by atoms with Crippen molar-refractivity contribution in [2.45, 2.75) is 6.92 Å². The summed E-state index contributed by atoms with van der Waals surface area (Å²) in [5.74, 6) is 0. The Bertz CT molecular complexity index is 284. The van der Waals surface area contributed by atoms with Gasteiger partial charge in [0.1, 0.15) is 0 Å². The van der Waals surface area contributed by atoms with Crippen LogP contribution < -0.4 is 10.0 Å². The minimum atomic E-state index is -0.581. The van der Waals surface area contributed by atoms with Crippen molar-refractivity contribution in [2.24, 2.45) is 5.73 Å². The molecule has 2 N–H and O–H groups in total. The van der Waals surface area contributed by atoms with E-state index in [4.69, 9.17) is 5.73 Å². The monoisotopic (exact) mass is 182 g/mol. The van der Waals surface area contributed by atoms with Gasteiger partial charge in [-0.05, 0) is 19.1 Å². The van der Waals surface area contributed by atoms with Crippen LogP contribution in [-0.2, 0) is 0 Å². The average Bonchev–Trinajstić information content (AvgIpc) is 2.04. The summed E-state index contributed by atoms with van der Waals surface area (Å²) in [5.41, 5.74) is 6.82. The number of amides is 2. The number of hydrogen-bond donors (Lipinski definition) is 2. The van der Waals surface area contributed by atoms with Crippen LogP contribution in [-0.4, -0.2) is 6.03 Å². The highest BCUT2D eigenvalue weighted by atomic mass is 32.1. The summed E-state index contributed by atoms with van der Waals surface area (Å²) in [6.45, 7) is 1.97. The van der Waals surface area contributed by atoms with E-state index in [-0.39, 0.29) is 0 Å². The molecule has 0 aromatic heterocycles. The molecule has 0 bridgehead atoms. The molecule has 0 atom stereocenters. The van der Waals surface area contributed by atoms with Crippen molar-refractivity contribution in [1.82, 2.24) is 0 Å². The van der Waals surface area contributed by atoms with Crippen LogP contribution >= 0.6 is 12.8 Å². The molecule has 1 aromatic carbocycles. The lowest BCUT2D eigenvalue weighted by atomic mass is 10.2. The first-order chi connectivity index (χ1) is 5.61. The zero-order valence-corrected chi connectivity index (χ0v) is 7.58. The predicted octanol–water partition coefficient (Wildman–Crippen LogP) is 1.72. The topological polar surface area (TPSA) is 46.3 Å². The van der Waals surface area contributed by atoms with Crippen molar-refractivity contribution in [3.63, 3.8) is 0 Å². The molecule has 0 saturated carbocycles. The van der Waals surface area contributed by atoms with Crippen molar-refractivity contribution in [3.8, 4) is 0 Å². The van der Waals surface area contributed by atoms with Crippen LogP contribution in [0.3, 0.4) is 0 Å². The Hall–Kier alpha value is -1.16. The van der Waals surface area contributed by atoms with Crippen LogP contribution in [0, 0.1) is 6.92 Å². The Balaban J connectivity index is 2.89. The molecule has 2 amide bonds. The molecule has 0 aliphatic rings. The molecular weight excluding hydrogens is 172 g/mol. The van der Waals surface area contributed by atoms with Crippen LogP contribution in [0.5, 0.6) is 0 Å². The molecule has 0 fully saturated rings. The second-order valence-electron chi connectivity index (χ2n) is 2.49. The van der Waals surface area contributed by atoms with Gasteiger partial charge in [-0.15, -0.1) is 0 Å². The minimum Gasteiger partial charge on any atom is -0.350 e. The van der Waals surface area contributed by atoms with Gasteiger partial charge < -0.3 is 5.73 Å². The summed E-state index contributed by atoms with van der Waals surface area (Å²) in [5, 5.41) is 0. The zero-order valence-electron chi connectivity index (χ0n) is 6.69. The molecule has 0 unspecified atom stereocenters. The van der Waals surface area contributed by atoms with E-state index in [1.807, 2.05) is 19.1 Å². The van der Waals surface area contributed by atoms with Gasteiger partial charge in [-0.2, -0.15) is 0 Å². The summed E-state index contributed by atoms with van der Waals surface area (Å²) < 4.78 is 1.10. The van der Waals surface area contributed by atoms with E-state index in [1.54, 1.807) is 12.1 Å². The molecule has 0 aliphatic carbocycles. The quantitative estimate of drug-likeness (QED) is 0.638. The first-order valence-corrected chi connectivity index (χ1v) is 3.86. The number of nitrogens with zero attached hydrogens (tertiary/aromatic N) is 1. The third-order valence-corrected chi connectivity index (χ3v) is 1.92. The number of carbonyl (C=O) groups excluding carboxylic acids is 1. The molecule has 1 aromatic rings. The third kappa shape index (κ3) is 1.92. The summed E-state index contributed by atoms with van der Waals surface area (Å²) in [7, 11) is 0. The van der Waals surface area contributed by atoms with Gasteiger partial charge in [0.2, 0.25) is 0 Å². The van der Waals surface area contributed by atoms with E-state index in [0.29, 0.717) is 5.69 Å². The van der Waals surface area contributed by atoms with Crippen LogP contribution in [0.25, 0.3) is 0 Å². The number of aryl methyl sites for hydroxylation is 1. The first kappa shape index (κ1) is 8.93. The van der Waals surface area contributed by atoms with E-state index in [9.17, 15) is 4.79 Å². The van der Waals surface area contributed by atoms with E-state index in [1.165, 1.54) is 0 Å². The number of primary amides is 1. The second-order valence-corrected chi connectivity index (χ2v) is 2.89. The van der Waals surface area contributed by atoms with Gasteiger partial charge >= 0.3 is 6.03 Å². The zero-order chi connectivity index (χ0) is 9.14. The molecule has 64 valence electrons. The van der Waals surface area contributed by atoms with Crippen molar-refractivity contribution >= 4 is 24.5 Å². The van der Waals surface area contributed by atoms with E-state index >= 15 is 0 Å². The fourth-order valence-electron chi connectivity index (χ4n) is 0.813. The lowest BCUT2D eigenvalue weighted by Gasteiger charge is -2.11. The highest BCUT2D eigenvalue weighted by Gasteiger charge is 2.05. The summed E-state index contributed by atoms with van der Waals surface area (Å²) >= 11 is 3.91. The molecule has 4 heteroatoms. The number of urea groups is 1.